The Morgan fingerprint density at radius 2 is 1.40 bits per heavy atom. The number of hydrogen-bond acceptors (Lipinski definition) is 3. The quantitative estimate of drug-likeness (QED) is 0.599. The lowest BCUT2D eigenvalue weighted by Crippen LogP contribution is -2.51. The molecule has 1 heterocycles. The van der Waals surface area contributed by atoms with E-state index in [-0.39, 0.29) is 41.4 Å². The van der Waals surface area contributed by atoms with Gasteiger partial charge in [0.05, 0.1) is 11.8 Å². The Bertz CT molecular complexity index is 972. The fourth-order valence-corrected chi connectivity index (χ4v) is 5.27. The maximum atomic E-state index is 13.3. The van der Waals surface area contributed by atoms with Gasteiger partial charge in [0.1, 0.15) is 6.04 Å². The van der Waals surface area contributed by atoms with E-state index in [2.05, 4.69) is 17.5 Å². The average molecular weight is 400 g/mol. The zero-order chi connectivity index (χ0) is 20.7. The van der Waals surface area contributed by atoms with Gasteiger partial charge in [-0.15, -0.1) is 0 Å². The Labute approximate surface area is 175 Å². The van der Waals surface area contributed by atoms with Crippen LogP contribution in [-0.4, -0.2) is 28.7 Å². The lowest BCUT2D eigenvalue weighted by Gasteiger charge is -2.27. The van der Waals surface area contributed by atoms with Gasteiger partial charge in [-0.3, -0.25) is 19.3 Å². The van der Waals surface area contributed by atoms with Crippen LogP contribution in [0, 0.1) is 23.7 Å². The van der Waals surface area contributed by atoms with Crippen LogP contribution in [0.5, 0.6) is 0 Å². The van der Waals surface area contributed by atoms with Crippen molar-refractivity contribution in [2.45, 2.75) is 25.4 Å². The predicted molar refractivity (Wildman–Crippen MR) is 112 cm³/mol. The first-order chi connectivity index (χ1) is 14.6. The van der Waals surface area contributed by atoms with Crippen molar-refractivity contribution in [1.29, 1.82) is 0 Å². The summed E-state index contributed by atoms with van der Waals surface area (Å²) in [5, 5.41) is 2.94. The number of carbonyl (C=O) groups is 3. The number of nitrogens with zero attached hydrogens (tertiary/aromatic N) is 1. The van der Waals surface area contributed by atoms with E-state index in [1.54, 1.807) is 0 Å². The summed E-state index contributed by atoms with van der Waals surface area (Å²) < 4.78 is 0. The maximum absolute atomic E-state index is 13.3. The molecule has 1 aliphatic heterocycles. The minimum absolute atomic E-state index is 0.131. The highest BCUT2D eigenvalue weighted by molar-refractivity contribution is 6.09. The maximum Gasteiger partial charge on any atom is 0.243 e. The predicted octanol–water partition coefficient (Wildman–Crippen LogP) is 2.72. The number of allylic oxidation sites excluding steroid dienone is 2. The molecule has 0 spiro atoms. The van der Waals surface area contributed by atoms with Crippen LogP contribution in [0.4, 0.5) is 0 Å². The number of fused-ring (bicyclic) bond motifs is 5. The molecule has 1 saturated carbocycles. The normalized spacial score (nSPS) is 27.4. The van der Waals surface area contributed by atoms with E-state index in [0.717, 1.165) is 17.5 Å². The lowest BCUT2D eigenvalue weighted by molar-refractivity contribution is -0.148. The van der Waals surface area contributed by atoms with Crippen molar-refractivity contribution in [3.63, 3.8) is 0 Å². The van der Waals surface area contributed by atoms with E-state index < -0.39 is 6.04 Å². The summed E-state index contributed by atoms with van der Waals surface area (Å²) in [6.07, 6.45) is 5.34. The molecule has 2 aromatic carbocycles. The van der Waals surface area contributed by atoms with Gasteiger partial charge in [0.2, 0.25) is 17.7 Å². The first-order valence-electron chi connectivity index (χ1n) is 10.5. The number of nitrogens with one attached hydrogen (secondary N) is 1. The van der Waals surface area contributed by atoms with Crippen molar-refractivity contribution >= 4 is 17.7 Å². The van der Waals surface area contributed by atoms with Gasteiger partial charge in [0, 0.05) is 13.0 Å². The lowest BCUT2D eigenvalue weighted by atomic mass is 9.85. The fraction of sp³-hybridized carbons (Fsp3) is 0.320. The molecule has 3 aliphatic rings. The largest absolute Gasteiger partial charge is 0.350 e. The SMILES string of the molecule is O=C(NCc1ccccc1)[C@H](Cc1ccccc1)N1C(=O)[C@@H]2[C@@H](C1=O)[C@H]1C=C[C@H]2C1. The van der Waals surface area contributed by atoms with E-state index in [9.17, 15) is 14.4 Å². The average Bonchev–Trinajstić information content (AvgIpc) is 3.46. The van der Waals surface area contributed by atoms with E-state index in [1.807, 2.05) is 60.7 Å². The second kappa shape index (κ2) is 7.56. The molecule has 0 radical (unpaired) electrons. The zero-order valence-electron chi connectivity index (χ0n) is 16.6. The number of rotatable bonds is 6. The number of hydrogen-bond donors (Lipinski definition) is 1. The van der Waals surface area contributed by atoms with Gasteiger partial charge >= 0.3 is 0 Å². The highest BCUT2D eigenvalue weighted by Gasteiger charge is 2.61. The second-order valence-electron chi connectivity index (χ2n) is 8.46. The molecule has 1 saturated heterocycles. The van der Waals surface area contributed by atoms with E-state index >= 15 is 0 Å². The van der Waals surface area contributed by atoms with Crippen LogP contribution in [0.1, 0.15) is 17.5 Å². The molecule has 3 amide bonds. The molecule has 2 bridgehead atoms. The van der Waals surface area contributed by atoms with Gasteiger partial charge in [-0.25, -0.2) is 0 Å². The Hall–Kier alpha value is -3.21. The molecule has 2 aliphatic carbocycles. The van der Waals surface area contributed by atoms with Gasteiger partial charge in [0.25, 0.3) is 0 Å². The third-order valence-corrected chi connectivity index (χ3v) is 6.70. The molecule has 5 heteroatoms. The van der Waals surface area contributed by atoms with Crippen molar-refractivity contribution < 1.29 is 14.4 Å². The van der Waals surface area contributed by atoms with Crippen LogP contribution in [0.15, 0.2) is 72.8 Å². The number of carbonyl (C=O) groups excluding carboxylic acids is 3. The van der Waals surface area contributed by atoms with E-state index in [1.165, 1.54) is 4.90 Å². The first-order valence-corrected chi connectivity index (χ1v) is 10.5. The van der Waals surface area contributed by atoms with Crippen LogP contribution >= 0.6 is 0 Å². The summed E-state index contributed by atoms with van der Waals surface area (Å²) in [4.78, 5) is 41.1. The van der Waals surface area contributed by atoms with E-state index in [0.29, 0.717) is 13.0 Å². The zero-order valence-corrected chi connectivity index (χ0v) is 16.6. The summed E-state index contributed by atoms with van der Waals surface area (Å²) in [7, 11) is 0. The summed E-state index contributed by atoms with van der Waals surface area (Å²) in [6.45, 7) is 0.362. The van der Waals surface area contributed by atoms with Crippen molar-refractivity contribution in [2.75, 3.05) is 0 Å². The molecule has 0 aromatic heterocycles. The minimum Gasteiger partial charge on any atom is -0.350 e. The Morgan fingerprint density at radius 3 is 1.97 bits per heavy atom. The Balaban J connectivity index is 1.40. The summed E-state index contributed by atoms with van der Waals surface area (Å²) in [5.41, 5.74) is 1.90. The van der Waals surface area contributed by atoms with Gasteiger partial charge in [-0.05, 0) is 29.4 Å². The number of benzene rings is 2. The summed E-state index contributed by atoms with van der Waals surface area (Å²) in [5.74, 6) is -0.988. The standard InChI is InChI=1S/C25H24N2O3/c28-23(26-15-17-9-5-2-6-10-17)20(13-16-7-3-1-4-8-16)27-24(29)21-18-11-12-19(14-18)22(21)25(27)30/h1-12,18-22H,13-15H2,(H,26,28)/t18-,19-,20-,21-,22-/m0/s1. The van der Waals surface area contributed by atoms with Gasteiger partial charge in [-0.2, -0.15) is 0 Å². The van der Waals surface area contributed by atoms with Crippen molar-refractivity contribution in [1.82, 2.24) is 10.2 Å². The highest BCUT2D eigenvalue weighted by atomic mass is 16.2. The minimum atomic E-state index is -0.832. The van der Waals surface area contributed by atoms with E-state index in [4.69, 9.17) is 0 Å². The third-order valence-electron chi connectivity index (χ3n) is 6.70. The Kier molecular flexibility index (Phi) is 4.74. The van der Waals surface area contributed by atoms with Crippen LogP contribution in [0.2, 0.25) is 0 Å². The topological polar surface area (TPSA) is 66.5 Å². The molecule has 5 nitrogen and oxygen atoms in total. The molecule has 2 aromatic rings. The highest BCUT2D eigenvalue weighted by Crippen LogP contribution is 2.52. The van der Waals surface area contributed by atoms with Crippen molar-refractivity contribution in [3.05, 3.63) is 83.9 Å². The molecular weight excluding hydrogens is 376 g/mol. The Morgan fingerprint density at radius 1 is 0.867 bits per heavy atom. The van der Waals surface area contributed by atoms with Gasteiger partial charge in [0.15, 0.2) is 0 Å². The first kappa shape index (κ1) is 18.8. The van der Waals surface area contributed by atoms with Crippen molar-refractivity contribution in [3.8, 4) is 0 Å². The van der Waals surface area contributed by atoms with Gasteiger partial charge < -0.3 is 5.32 Å². The molecule has 0 unspecified atom stereocenters. The molecular formula is C25H24N2O3. The number of amides is 3. The monoisotopic (exact) mass is 400 g/mol. The number of imide groups is 1. The molecule has 5 atom stereocenters. The second-order valence-corrected chi connectivity index (χ2v) is 8.46. The third kappa shape index (κ3) is 3.15. The summed E-state index contributed by atoms with van der Waals surface area (Å²) >= 11 is 0. The van der Waals surface area contributed by atoms with Crippen molar-refractivity contribution in [2.24, 2.45) is 23.7 Å². The van der Waals surface area contributed by atoms with Crippen LogP contribution < -0.4 is 5.32 Å². The smallest absolute Gasteiger partial charge is 0.243 e. The molecule has 1 N–H and O–H groups in total. The van der Waals surface area contributed by atoms with Gasteiger partial charge in [-0.1, -0.05) is 72.8 Å². The van der Waals surface area contributed by atoms with Crippen LogP contribution in [0.25, 0.3) is 0 Å². The molecule has 2 fully saturated rings. The van der Waals surface area contributed by atoms with Crippen LogP contribution in [-0.2, 0) is 27.3 Å². The molecule has 152 valence electrons. The molecule has 30 heavy (non-hydrogen) atoms. The summed E-state index contributed by atoms with van der Waals surface area (Å²) in [6, 6.07) is 18.4. The number of likely N-dealkylation sites (tertiary alicyclic amines) is 1. The fourth-order valence-electron chi connectivity index (χ4n) is 5.27. The van der Waals surface area contributed by atoms with Crippen LogP contribution in [0.3, 0.4) is 0 Å². The molecule has 5 rings (SSSR count).